The molecule has 2 rings (SSSR count). The fourth-order valence-corrected chi connectivity index (χ4v) is 3.34. The van der Waals surface area contributed by atoms with Gasteiger partial charge in [-0.2, -0.15) is 4.31 Å². The molecule has 0 heterocycles. The van der Waals surface area contributed by atoms with Crippen molar-refractivity contribution in [2.75, 3.05) is 18.1 Å². The van der Waals surface area contributed by atoms with Crippen LogP contribution in [0.2, 0.25) is 0 Å². The fourth-order valence-electron chi connectivity index (χ4n) is 2.53. The van der Waals surface area contributed by atoms with Crippen molar-refractivity contribution >= 4 is 21.6 Å². The highest BCUT2D eigenvalue weighted by atomic mass is 32.2. The van der Waals surface area contributed by atoms with E-state index in [4.69, 9.17) is 0 Å². The predicted octanol–water partition coefficient (Wildman–Crippen LogP) is 3.35. The van der Waals surface area contributed by atoms with Crippen LogP contribution in [-0.2, 0) is 27.8 Å². The molecule has 0 saturated heterocycles. The summed E-state index contributed by atoms with van der Waals surface area (Å²) in [4.78, 5) is 12.2. The molecule has 2 aromatic rings. The summed E-state index contributed by atoms with van der Waals surface area (Å²) in [6, 6.07) is 15.4. The maximum Gasteiger partial charge on any atom is 0.225 e. The number of rotatable bonds is 8. The van der Waals surface area contributed by atoms with Gasteiger partial charge in [-0.3, -0.25) is 4.79 Å². The maximum absolute atomic E-state index is 12.2. The molecular weight excluding hydrogens is 348 g/mol. The van der Waals surface area contributed by atoms with Crippen LogP contribution in [-0.4, -0.2) is 31.4 Å². The smallest absolute Gasteiger partial charge is 0.225 e. The molecule has 0 spiro atoms. The monoisotopic (exact) mass is 374 g/mol. The van der Waals surface area contributed by atoms with Crippen LogP contribution in [0.1, 0.15) is 30.0 Å². The topological polar surface area (TPSA) is 66.5 Å². The highest BCUT2D eigenvalue weighted by molar-refractivity contribution is 7.88. The van der Waals surface area contributed by atoms with Gasteiger partial charge in [-0.15, -0.1) is 0 Å². The van der Waals surface area contributed by atoms with Gasteiger partial charge in [0, 0.05) is 25.2 Å². The molecule has 1 N–H and O–H groups in total. The Bertz CT molecular complexity index is 828. The number of aryl methyl sites for hydroxylation is 2. The number of anilines is 1. The second-order valence-electron chi connectivity index (χ2n) is 6.43. The van der Waals surface area contributed by atoms with Crippen molar-refractivity contribution < 1.29 is 13.2 Å². The maximum atomic E-state index is 12.2. The van der Waals surface area contributed by atoms with E-state index in [0.29, 0.717) is 0 Å². The number of carbonyl (C=O) groups excluding carboxylic acids is 1. The number of benzene rings is 2. The minimum absolute atomic E-state index is 0.106. The van der Waals surface area contributed by atoms with Gasteiger partial charge in [0.25, 0.3) is 0 Å². The van der Waals surface area contributed by atoms with Crippen molar-refractivity contribution in [2.24, 2.45) is 0 Å². The number of nitrogens with one attached hydrogen (secondary N) is 1. The Labute approximate surface area is 156 Å². The van der Waals surface area contributed by atoms with Crippen LogP contribution in [0, 0.1) is 6.92 Å². The van der Waals surface area contributed by atoms with Crippen LogP contribution in [0.25, 0.3) is 0 Å². The zero-order valence-electron chi connectivity index (χ0n) is 15.5. The second kappa shape index (κ2) is 8.96. The van der Waals surface area contributed by atoms with Gasteiger partial charge in [0.15, 0.2) is 0 Å². The molecule has 0 unspecified atom stereocenters. The number of amides is 1. The molecule has 1 amide bonds. The average Bonchev–Trinajstić information content (AvgIpc) is 2.60. The first-order valence-corrected chi connectivity index (χ1v) is 10.5. The molecule has 0 fully saturated rings. The lowest BCUT2D eigenvalue weighted by atomic mass is 10.1. The molecule has 6 heteroatoms. The summed E-state index contributed by atoms with van der Waals surface area (Å²) in [5.41, 5.74) is 3.94. The van der Waals surface area contributed by atoms with E-state index < -0.39 is 10.0 Å². The van der Waals surface area contributed by atoms with Gasteiger partial charge < -0.3 is 5.32 Å². The van der Waals surface area contributed by atoms with Crippen LogP contribution in [0.5, 0.6) is 0 Å². The van der Waals surface area contributed by atoms with Gasteiger partial charge in [0.2, 0.25) is 15.9 Å². The first-order chi connectivity index (χ1) is 12.3. The minimum Gasteiger partial charge on any atom is -0.326 e. The van der Waals surface area contributed by atoms with Crippen molar-refractivity contribution in [3.05, 3.63) is 65.2 Å². The molecule has 0 atom stereocenters. The summed E-state index contributed by atoms with van der Waals surface area (Å²) in [7, 11) is -3.40. The molecule has 5 nitrogen and oxygen atoms in total. The first kappa shape index (κ1) is 20.1. The van der Waals surface area contributed by atoms with Crippen LogP contribution >= 0.6 is 0 Å². The Morgan fingerprint density at radius 2 is 1.58 bits per heavy atom. The third-order valence-electron chi connectivity index (χ3n) is 4.18. The van der Waals surface area contributed by atoms with Crippen molar-refractivity contribution in [3.8, 4) is 0 Å². The predicted molar refractivity (Wildman–Crippen MR) is 105 cm³/mol. The molecule has 140 valence electrons. The first-order valence-electron chi connectivity index (χ1n) is 8.67. The van der Waals surface area contributed by atoms with E-state index in [9.17, 15) is 13.2 Å². The van der Waals surface area contributed by atoms with Crippen molar-refractivity contribution in [2.45, 2.75) is 33.2 Å². The summed E-state index contributed by atoms with van der Waals surface area (Å²) >= 11 is 0. The van der Waals surface area contributed by atoms with Crippen LogP contribution < -0.4 is 5.32 Å². The van der Waals surface area contributed by atoms with Gasteiger partial charge in [0.05, 0.1) is 6.26 Å². The Balaban J connectivity index is 1.95. The van der Waals surface area contributed by atoms with Crippen molar-refractivity contribution in [1.29, 1.82) is 0 Å². The zero-order valence-corrected chi connectivity index (χ0v) is 16.3. The molecule has 0 aromatic heterocycles. The summed E-state index contributed by atoms with van der Waals surface area (Å²) in [5, 5.41) is 2.81. The van der Waals surface area contributed by atoms with Gasteiger partial charge in [-0.05, 0) is 36.6 Å². The Hall–Kier alpha value is -2.18. The number of nitrogens with zero attached hydrogens (tertiary/aromatic N) is 1. The SMILES string of the molecule is CCc1ccc(NC(=O)CCN(Cc2ccc(C)cc2)S(C)(=O)=O)cc1. The number of carbonyl (C=O) groups is 1. The highest BCUT2D eigenvalue weighted by Crippen LogP contribution is 2.13. The minimum atomic E-state index is -3.40. The number of hydrogen-bond acceptors (Lipinski definition) is 3. The summed E-state index contributed by atoms with van der Waals surface area (Å²) in [6.07, 6.45) is 2.22. The quantitative estimate of drug-likeness (QED) is 0.770. The third kappa shape index (κ3) is 6.28. The lowest BCUT2D eigenvalue weighted by Gasteiger charge is -2.20. The molecule has 26 heavy (non-hydrogen) atoms. The Morgan fingerprint density at radius 1 is 1.00 bits per heavy atom. The van der Waals surface area contributed by atoms with E-state index in [0.717, 1.165) is 23.2 Å². The van der Waals surface area contributed by atoms with Crippen LogP contribution in [0.15, 0.2) is 48.5 Å². The van der Waals surface area contributed by atoms with Crippen molar-refractivity contribution in [3.63, 3.8) is 0 Å². The van der Waals surface area contributed by atoms with Crippen molar-refractivity contribution in [1.82, 2.24) is 4.31 Å². The van der Waals surface area contributed by atoms with Crippen LogP contribution in [0.3, 0.4) is 0 Å². The van der Waals surface area contributed by atoms with E-state index in [2.05, 4.69) is 12.2 Å². The molecular formula is C20H26N2O3S. The molecule has 0 saturated carbocycles. The molecule has 0 radical (unpaired) electrons. The van der Waals surface area contributed by atoms with E-state index in [1.54, 1.807) is 0 Å². The number of hydrogen-bond donors (Lipinski definition) is 1. The van der Waals surface area contributed by atoms with E-state index >= 15 is 0 Å². The third-order valence-corrected chi connectivity index (χ3v) is 5.43. The Kier molecular flexibility index (Phi) is 6.94. The molecule has 2 aromatic carbocycles. The standard InChI is InChI=1S/C20H26N2O3S/c1-4-17-9-11-19(12-10-17)21-20(23)13-14-22(26(3,24)25)15-18-7-5-16(2)6-8-18/h5-12H,4,13-15H2,1-3H3,(H,21,23). The summed E-state index contributed by atoms with van der Waals surface area (Å²) < 4.78 is 25.4. The molecule has 0 aliphatic rings. The number of sulfonamides is 1. The van der Waals surface area contributed by atoms with E-state index in [-0.39, 0.29) is 25.4 Å². The molecule has 0 aliphatic heterocycles. The summed E-state index contributed by atoms with van der Waals surface area (Å²) in [5.74, 6) is -0.202. The Morgan fingerprint density at radius 3 is 2.12 bits per heavy atom. The van der Waals surface area contributed by atoms with E-state index in [1.807, 2.05) is 55.5 Å². The lowest BCUT2D eigenvalue weighted by molar-refractivity contribution is -0.116. The second-order valence-corrected chi connectivity index (χ2v) is 8.41. The molecule has 0 bridgehead atoms. The average molecular weight is 375 g/mol. The normalized spacial score (nSPS) is 11.5. The zero-order chi connectivity index (χ0) is 19.2. The summed E-state index contributed by atoms with van der Waals surface area (Å²) in [6.45, 7) is 4.46. The highest BCUT2D eigenvalue weighted by Gasteiger charge is 2.18. The fraction of sp³-hybridized carbons (Fsp3) is 0.350. The largest absolute Gasteiger partial charge is 0.326 e. The van der Waals surface area contributed by atoms with Gasteiger partial charge in [0.1, 0.15) is 0 Å². The van der Waals surface area contributed by atoms with E-state index in [1.165, 1.54) is 16.1 Å². The lowest BCUT2D eigenvalue weighted by Crippen LogP contribution is -2.32. The van der Waals surface area contributed by atoms with Gasteiger partial charge >= 0.3 is 0 Å². The van der Waals surface area contributed by atoms with Gasteiger partial charge in [-0.25, -0.2) is 8.42 Å². The molecule has 0 aliphatic carbocycles. The van der Waals surface area contributed by atoms with Crippen LogP contribution in [0.4, 0.5) is 5.69 Å². The van der Waals surface area contributed by atoms with Gasteiger partial charge in [-0.1, -0.05) is 48.9 Å².